The predicted octanol–water partition coefficient (Wildman–Crippen LogP) is 4.25. The molecule has 2 aliphatic carbocycles. The van der Waals surface area contributed by atoms with Crippen LogP contribution in [0, 0.1) is 40.4 Å². The number of amides is 1. The van der Waals surface area contributed by atoms with Crippen LogP contribution in [0.15, 0.2) is 71.1 Å². The second kappa shape index (κ2) is 21.8. The third-order valence-electron chi connectivity index (χ3n) is 13.6. The predicted molar refractivity (Wildman–Crippen MR) is 229 cm³/mol. The molecule has 0 bridgehead atoms. The van der Waals surface area contributed by atoms with E-state index in [1.54, 1.807) is 36.5 Å². The Labute approximate surface area is 350 Å². The van der Waals surface area contributed by atoms with Crippen LogP contribution in [0.1, 0.15) is 105 Å². The summed E-state index contributed by atoms with van der Waals surface area (Å²) in [6.07, 6.45) is 16.2. The van der Waals surface area contributed by atoms with Gasteiger partial charge in [0.1, 0.15) is 11.3 Å². The van der Waals surface area contributed by atoms with Gasteiger partial charge in [-0.05, 0) is 101 Å². The summed E-state index contributed by atoms with van der Waals surface area (Å²) in [4.78, 5) is 27.3. The minimum absolute atomic E-state index is 0.0315. The standard InChI is InChI=1S/C46H72N4O9/c1-27(38(54)15-7-12-32(51)11-6-13-34(53)25-31-10-9-23-50(31)45(47)48)17-20-33(52)21-18-28(2)42(57)29(3)19-22-36-30(4)24-35-37(14-8-16-39(35)55)46(36,5)43(58)41-40(56)26-49-44(41)59/h6-7,11,15,17-18,20,24,27,29,31-39,42,51-55,57-58H,8-10,12-14,16,19,21-23,25-26H2,1-5H3,(H3,47,48)(H,49,59)/b11-6?,15-7?,20-17?,28-18?,43-41+. The molecular weight excluding hydrogens is 753 g/mol. The molecule has 59 heavy (non-hydrogen) atoms. The lowest BCUT2D eigenvalue weighted by Gasteiger charge is -2.53. The second-order valence-electron chi connectivity index (χ2n) is 17.9. The first-order valence-electron chi connectivity index (χ1n) is 21.7. The van der Waals surface area contributed by atoms with Crippen molar-refractivity contribution in [1.29, 1.82) is 5.41 Å². The van der Waals surface area contributed by atoms with Crippen molar-refractivity contribution >= 4 is 17.6 Å². The minimum Gasteiger partial charge on any atom is -0.511 e. The van der Waals surface area contributed by atoms with Gasteiger partial charge in [0, 0.05) is 29.8 Å². The quantitative estimate of drug-likeness (QED) is 0.0221. The Balaban J connectivity index is 1.25. The maximum Gasteiger partial charge on any atom is 0.258 e. The lowest BCUT2D eigenvalue weighted by atomic mass is 9.52. The number of rotatable bonds is 19. The van der Waals surface area contributed by atoms with E-state index in [4.69, 9.17) is 11.1 Å². The van der Waals surface area contributed by atoms with Crippen molar-refractivity contribution in [2.24, 2.45) is 40.7 Å². The van der Waals surface area contributed by atoms with Crippen LogP contribution in [0.25, 0.3) is 0 Å². The van der Waals surface area contributed by atoms with E-state index in [0.29, 0.717) is 37.7 Å². The molecular formula is C46H72N4O9. The molecule has 4 aliphatic rings. The molecule has 0 aromatic rings. The highest BCUT2D eigenvalue weighted by molar-refractivity contribution is 6.25. The zero-order valence-electron chi connectivity index (χ0n) is 35.7. The lowest BCUT2D eigenvalue weighted by molar-refractivity contribution is -0.118. The Morgan fingerprint density at radius 2 is 1.69 bits per heavy atom. The average Bonchev–Trinajstić information content (AvgIpc) is 3.80. The van der Waals surface area contributed by atoms with Gasteiger partial charge in [-0.25, -0.2) is 0 Å². The minimum atomic E-state index is -0.953. The summed E-state index contributed by atoms with van der Waals surface area (Å²) in [5.74, 6) is -2.23. The number of nitrogens with one attached hydrogen (secondary N) is 2. The van der Waals surface area contributed by atoms with Crippen molar-refractivity contribution in [3.05, 3.63) is 71.1 Å². The van der Waals surface area contributed by atoms with E-state index in [1.807, 2.05) is 45.6 Å². The van der Waals surface area contributed by atoms with Gasteiger partial charge in [0.15, 0.2) is 11.7 Å². The van der Waals surface area contributed by atoms with Crippen molar-refractivity contribution in [2.75, 3.05) is 13.1 Å². The van der Waals surface area contributed by atoms with Gasteiger partial charge in [-0.2, -0.15) is 0 Å². The molecule has 13 atom stereocenters. The molecule has 0 spiro atoms. The molecule has 0 radical (unpaired) electrons. The number of Topliss-reactive ketones (excluding diaryl/α,β-unsaturated/α-hetero) is 1. The first-order valence-corrected chi connectivity index (χ1v) is 21.7. The number of aliphatic hydroxyl groups is 7. The molecule has 13 unspecified atom stereocenters. The van der Waals surface area contributed by atoms with Crippen LogP contribution >= 0.6 is 0 Å². The Morgan fingerprint density at radius 1 is 1.00 bits per heavy atom. The van der Waals surface area contributed by atoms with Gasteiger partial charge in [-0.1, -0.05) is 81.4 Å². The molecule has 13 heteroatoms. The molecule has 0 aromatic heterocycles. The van der Waals surface area contributed by atoms with Crippen molar-refractivity contribution in [2.45, 2.75) is 148 Å². The van der Waals surface area contributed by atoms with E-state index < -0.39 is 53.7 Å². The van der Waals surface area contributed by atoms with Gasteiger partial charge in [0.2, 0.25) is 0 Å². The molecule has 3 fully saturated rings. The van der Waals surface area contributed by atoms with Crippen molar-refractivity contribution < 1.29 is 45.3 Å². The highest BCUT2D eigenvalue weighted by atomic mass is 16.3. The Bertz CT molecular complexity index is 1640. The fraction of sp³-hybridized carbons (Fsp3) is 0.674. The molecule has 4 rings (SSSR count). The molecule has 13 nitrogen and oxygen atoms in total. The van der Waals surface area contributed by atoms with Crippen LogP contribution in [0.3, 0.4) is 0 Å². The molecule has 11 N–H and O–H groups in total. The first kappa shape index (κ1) is 48.1. The largest absolute Gasteiger partial charge is 0.511 e. The summed E-state index contributed by atoms with van der Waals surface area (Å²) in [5, 5.41) is 86.3. The number of aliphatic hydroxyl groups excluding tert-OH is 7. The zero-order valence-corrected chi connectivity index (χ0v) is 35.7. The van der Waals surface area contributed by atoms with Crippen LogP contribution in [-0.4, -0.2) is 114 Å². The molecule has 2 aliphatic heterocycles. The topological polar surface area (TPSA) is 241 Å². The lowest BCUT2D eigenvalue weighted by Crippen LogP contribution is -2.50. The highest BCUT2D eigenvalue weighted by Crippen LogP contribution is 2.58. The molecule has 1 saturated carbocycles. The normalized spacial score (nSPS) is 31.2. The highest BCUT2D eigenvalue weighted by Gasteiger charge is 2.55. The monoisotopic (exact) mass is 825 g/mol. The van der Waals surface area contributed by atoms with Gasteiger partial charge < -0.3 is 51.7 Å². The van der Waals surface area contributed by atoms with Gasteiger partial charge >= 0.3 is 0 Å². The summed E-state index contributed by atoms with van der Waals surface area (Å²) >= 11 is 0. The number of carbonyl (C=O) groups is 2. The number of guanidine groups is 1. The third kappa shape index (κ3) is 12.3. The van der Waals surface area contributed by atoms with Crippen LogP contribution in [0.4, 0.5) is 0 Å². The number of nitrogens with zero attached hydrogens (tertiary/aromatic N) is 1. The van der Waals surface area contributed by atoms with E-state index in [2.05, 4.69) is 11.4 Å². The summed E-state index contributed by atoms with van der Waals surface area (Å²) in [6.45, 7) is 10.1. The molecule has 2 heterocycles. The van der Waals surface area contributed by atoms with Gasteiger partial charge in [-0.3, -0.25) is 15.0 Å². The molecule has 0 aromatic carbocycles. The Hall–Kier alpha value is -3.59. The summed E-state index contributed by atoms with van der Waals surface area (Å²) in [5.41, 5.74) is 6.20. The molecule has 2 saturated heterocycles. The number of hydrogen-bond acceptors (Lipinski definition) is 10. The number of ketones is 1. The van der Waals surface area contributed by atoms with Gasteiger partial charge in [0.25, 0.3) is 5.91 Å². The SMILES string of the molecule is CC(=CCC(O)C=CC(C)C(O)C=CCC(O)C=CCC(O)CC1CCCN1C(=N)N)C(O)C(C)CCC1C(C)=CC2C(O)CCCC2C1(C)/C(O)=C1/C(=O)CNC1=O. The number of nitrogens with two attached hydrogens (primary N) is 1. The maximum absolute atomic E-state index is 12.8. The Morgan fingerprint density at radius 3 is 2.37 bits per heavy atom. The van der Waals surface area contributed by atoms with Crippen LogP contribution in [-0.2, 0) is 9.59 Å². The van der Waals surface area contributed by atoms with Gasteiger partial charge in [0.05, 0.1) is 43.2 Å². The third-order valence-corrected chi connectivity index (χ3v) is 13.6. The van der Waals surface area contributed by atoms with Crippen LogP contribution in [0.5, 0.6) is 0 Å². The molecule has 330 valence electrons. The first-order chi connectivity index (χ1) is 27.9. The average molecular weight is 825 g/mol. The van der Waals surface area contributed by atoms with E-state index in [9.17, 15) is 45.3 Å². The van der Waals surface area contributed by atoms with Crippen molar-refractivity contribution in [1.82, 2.24) is 10.2 Å². The zero-order chi connectivity index (χ0) is 43.6. The fourth-order valence-electron chi connectivity index (χ4n) is 9.89. The second-order valence-corrected chi connectivity index (χ2v) is 17.9. The van der Waals surface area contributed by atoms with E-state index >= 15 is 0 Å². The van der Waals surface area contributed by atoms with Crippen LogP contribution in [0.2, 0.25) is 0 Å². The number of likely N-dealkylation sites (tertiary alicyclic amines) is 1. The van der Waals surface area contributed by atoms with Gasteiger partial charge in [-0.15, -0.1) is 0 Å². The van der Waals surface area contributed by atoms with Crippen LogP contribution < -0.4 is 11.1 Å². The number of allylic oxidation sites excluding steroid dienone is 2. The smallest absolute Gasteiger partial charge is 0.258 e. The van der Waals surface area contributed by atoms with Crippen molar-refractivity contribution in [3.8, 4) is 0 Å². The van der Waals surface area contributed by atoms with E-state index in [1.165, 1.54) is 0 Å². The number of carbonyl (C=O) groups excluding carboxylic acids is 2. The van der Waals surface area contributed by atoms with Crippen molar-refractivity contribution in [3.63, 3.8) is 0 Å². The number of fused-ring (bicyclic) bond motifs is 1. The Kier molecular flexibility index (Phi) is 17.8. The summed E-state index contributed by atoms with van der Waals surface area (Å²) in [7, 11) is 0. The fourth-order valence-corrected chi connectivity index (χ4v) is 9.89. The summed E-state index contributed by atoms with van der Waals surface area (Å²) in [6, 6.07) is 0.0588. The number of hydrogen-bond donors (Lipinski definition) is 10. The van der Waals surface area contributed by atoms with E-state index in [-0.39, 0.29) is 72.3 Å². The summed E-state index contributed by atoms with van der Waals surface area (Å²) < 4.78 is 0. The molecule has 1 amide bonds. The van der Waals surface area contributed by atoms with E-state index in [0.717, 1.165) is 37.8 Å². The maximum atomic E-state index is 12.8.